The van der Waals surface area contributed by atoms with Crippen LogP contribution in [-0.2, 0) is 12.8 Å². The zero-order chi connectivity index (χ0) is 20.9. The minimum Gasteiger partial charge on any atom is -0.497 e. The van der Waals surface area contributed by atoms with E-state index < -0.39 is 0 Å². The lowest BCUT2D eigenvalue weighted by Gasteiger charge is -2.22. The van der Waals surface area contributed by atoms with Crippen LogP contribution in [0.1, 0.15) is 29.0 Å². The lowest BCUT2D eigenvalue weighted by molar-refractivity contribution is 0.357. The number of benzene rings is 2. The Kier molecular flexibility index (Phi) is 8.28. The van der Waals surface area contributed by atoms with Gasteiger partial charge in [-0.1, -0.05) is 12.1 Å². The molecule has 1 atom stereocenters. The van der Waals surface area contributed by atoms with Crippen LogP contribution in [-0.4, -0.2) is 58.4 Å². The highest BCUT2D eigenvalue weighted by Gasteiger charge is 2.27. The van der Waals surface area contributed by atoms with Gasteiger partial charge in [0.15, 0.2) is 5.96 Å². The second kappa shape index (κ2) is 10.9. The first-order chi connectivity index (χ1) is 14.7. The van der Waals surface area contributed by atoms with Crippen LogP contribution < -0.4 is 19.5 Å². The minimum absolute atomic E-state index is 0. The summed E-state index contributed by atoms with van der Waals surface area (Å²) in [5.41, 5.74) is 3.92. The zero-order valence-electron chi connectivity index (χ0n) is 18.5. The maximum Gasteiger partial charge on any atom is 0.193 e. The fourth-order valence-corrected chi connectivity index (χ4v) is 4.34. The first-order valence-corrected chi connectivity index (χ1v) is 10.6. The van der Waals surface area contributed by atoms with Crippen molar-refractivity contribution in [2.75, 3.05) is 47.5 Å². The monoisotopic (exact) mass is 537 g/mol. The average Bonchev–Trinajstić information content (AvgIpc) is 3.45. The molecule has 2 aliphatic rings. The number of ether oxygens (including phenoxy) is 3. The fourth-order valence-electron chi connectivity index (χ4n) is 4.34. The van der Waals surface area contributed by atoms with Gasteiger partial charge in [0, 0.05) is 45.1 Å². The number of halogens is 1. The van der Waals surface area contributed by atoms with Crippen LogP contribution in [0, 0.1) is 0 Å². The van der Waals surface area contributed by atoms with Gasteiger partial charge in [0.25, 0.3) is 0 Å². The molecule has 168 valence electrons. The largest absolute Gasteiger partial charge is 0.497 e. The van der Waals surface area contributed by atoms with Crippen molar-refractivity contribution in [2.24, 2.45) is 4.99 Å². The van der Waals surface area contributed by atoms with Gasteiger partial charge < -0.3 is 24.4 Å². The van der Waals surface area contributed by atoms with Crippen LogP contribution in [0.2, 0.25) is 0 Å². The van der Waals surface area contributed by atoms with Crippen molar-refractivity contribution in [3.8, 4) is 17.2 Å². The topological polar surface area (TPSA) is 55.3 Å². The summed E-state index contributed by atoms with van der Waals surface area (Å²) < 4.78 is 16.5. The van der Waals surface area contributed by atoms with E-state index in [1.165, 1.54) is 16.7 Å². The fraction of sp³-hybridized carbons (Fsp3) is 0.458. The summed E-state index contributed by atoms with van der Waals surface area (Å²) in [6, 6.07) is 12.7. The molecule has 2 heterocycles. The van der Waals surface area contributed by atoms with Gasteiger partial charge in [-0.3, -0.25) is 4.99 Å². The Balaban J connectivity index is 0.00000272. The highest BCUT2D eigenvalue weighted by molar-refractivity contribution is 14.0. The summed E-state index contributed by atoms with van der Waals surface area (Å²) in [6.45, 7) is 3.59. The number of methoxy groups -OCH3 is 2. The Bertz CT molecular complexity index is 897. The van der Waals surface area contributed by atoms with Crippen molar-refractivity contribution in [3.05, 3.63) is 53.1 Å². The lowest BCUT2D eigenvalue weighted by Crippen LogP contribution is -2.40. The second-order valence-corrected chi connectivity index (χ2v) is 7.84. The predicted molar refractivity (Wildman–Crippen MR) is 135 cm³/mol. The van der Waals surface area contributed by atoms with Gasteiger partial charge in [-0.25, -0.2) is 0 Å². The summed E-state index contributed by atoms with van der Waals surface area (Å²) >= 11 is 0. The number of hydrogen-bond donors (Lipinski definition) is 1. The highest BCUT2D eigenvalue weighted by atomic mass is 127. The van der Waals surface area contributed by atoms with E-state index in [2.05, 4.69) is 45.5 Å². The Morgan fingerprint density at radius 2 is 1.94 bits per heavy atom. The number of fused-ring (bicyclic) bond motifs is 1. The van der Waals surface area contributed by atoms with Gasteiger partial charge in [-0.05, 0) is 47.7 Å². The second-order valence-electron chi connectivity index (χ2n) is 7.84. The molecular weight excluding hydrogens is 505 g/mol. The number of aliphatic imine (C=N–C) groups is 1. The van der Waals surface area contributed by atoms with E-state index in [-0.39, 0.29) is 24.0 Å². The van der Waals surface area contributed by atoms with E-state index in [9.17, 15) is 0 Å². The smallest absolute Gasteiger partial charge is 0.193 e. The first-order valence-electron chi connectivity index (χ1n) is 10.6. The van der Waals surface area contributed by atoms with Crippen LogP contribution >= 0.6 is 24.0 Å². The number of nitrogens with zero attached hydrogens (tertiary/aromatic N) is 2. The van der Waals surface area contributed by atoms with E-state index in [4.69, 9.17) is 14.2 Å². The molecule has 1 fully saturated rings. The van der Waals surface area contributed by atoms with E-state index in [0.29, 0.717) is 5.92 Å². The van der Waals surface area contributed by atoms with Crippen LogP contribution in [0.4, 0.5) is 0 Å². The lowest BCUT2D eigenvalue weighted by atomic mass is 9.98. The molecule has 1 saturated heterocycles. The van der Waals surface area contributed by atoms with Gasteiger partial charge in [0.2, 0.25) is 0 Å². The van der Waals surface area contributed by atoms with E-state index in [1.54, 1.807) is 14.2 Å². The molecule has 0 spiro atoms. The van der Waals surface area contributed by atoms with Crippen molar-refractivity contribution >= 4 is 29.9 Å². The van der Waals surface area contributed by atoms with E-state index >= 15 is 0 Å². The van der Waals surface area contributed by atoms with Gasteiger partial charge in [-0.15, -0.1) is 24.0 Å². The number of rotatable bonds is 6. The van der Waals surface area contributed by atoms with E-state index in [1.807, 2.05) is 13.1 Å². The van der Waals surface area contributed by atoms with Gasteiger partial charge >= 0.3 is 0 Å². The molecule has 4 rings (SSSR count). The quantitative estimate of drug-likeness (QED) is 0.345. The van der Waals surface area contributed by atoms with Crippen molar-refractivity contribution in [1.29, 1.82) is 0 Å². The molecular formula is C24H32IN3O3. The Morgan fingerprint density at radius 1 is 1.16 bits per heavy atom. The third-order valence-electron chi connectivity index (χ3n) is 6.00. The molecule has 0 aromatic heterocycles. The van der Waals surface area contributed by atoms with Crippen molar-refractivity contribution in [3.63, 3.8) is 0 Å². The molecule has 2 aliphatic heterocycles. The standard InChI is InChI=1S/C24H31N3O3.HI/c1-25-24(26-9-6-17-4-5-23-18(12-17)8-11-30-23)27-10-7-19(16-27)20-13-21(28-2)15-22(14-20)29-3;/h4-5,12-15,19H,6-11,16H2,1-3H3,(H,25,26);1H. The number of hydrogen-bond acceptors (Lipinski definition) is 4. The molecule has 1 unspecified atom stereocenters. The van der Waals surface area contributed by atoms with Crippen molar-refractivity contribution in [1.82, 2.24) is 10.2 Å². The molecule has 7 heteroatoms. The number of nitrogens with one attached hydrogen (secondary N) is 1. The maximum atomic E-state index is 5.60. The van der Waals surface area contributed by atoms with Crippen LogP contribution in [0.3, 0.4) is 0 Å². The van der Waals surface area contributed by atoms with Crippen LogP contribution in [0.25, 0.3) is 0 Å². The summed E-state index contributed by atoms with van der Waals surface area (Å²) in [6.07, 6.45) is 3.07. The van der Waals surface area contributed by atoms with E-state index in [0.717, 1.165) is 68.7 Å². The summed E-state index contributed by atoms with van der Waals surface area (Å²) in [7, 11) is 5.25. The minimum atomic E-state index is 0. The van der Waals surface area contributed by atoms with Crippen LogP contribution in [0.5, 0.6) is 17.2 Å². The molecule has 0 aliphatic carbocycles. The predicted octanol–water partition coefficient (Wildman–Crippen LogP) is 3.86. The maximum absolute atomic E-state index is 5.60. The zero-order valence-corrected chi connectivity index (χ0v) is 20.8. The summed E-state index contributed by atoms with van der Waals surface area (Å²) in [4.78, 5) is 6.86. The molecule has 2 aromatic rings. The molecule has 1 N–H and O–H groups in total. The first kappa shape index (κ1) is 23.5. The van der Waals surface area contributed by atoms with Crippen molar-refractivity contribution < 1.29 is 14.2 Å². The third-order valence-corrected chi connectivity index (χ3v) is 6.00. The average molecular weight is 537 g/mol. The third kappa shape index (κ3) is 5.56. The Morgan fingerprint density at radius 3 is 2.65 bits per heavy atom. The molecule has 31 heavy (non-hydrogen) atoms. The van der Waals surface area contributed by atoms with Gasteiger partial charge in [0.1, 0.15) is 17.2 Å². The molecule has 0 bridgehead atoms. The molecule has 0 amide bonds. The SMILES string of the molecule is CN=C(NCCc1ccc2c(c1)CCO2)N1CCC(c2cc(OC)cc(OC)c2)C1.I. The highest BCUT2D eigenvalue weighted by Crippen LogP contribution is 2.33. The Hall–Kier alpha value is -2.16. The number of guanidine groups is 1. The van der Waals surface area contributed by atoms with Crippen LogP contribution in [0.15, 0.2) is 41.4 Å². The number of likely N-dealkylation sites (tertiary alicyclic amines) is 1. The Labute approximate surface area is 202 Å². The molecule has 0 saturated carbocycles. The summed E-state index contributed by atoms with van der Waals surface area (Å²) in [5.74, 6) is 4.12. The normalized spacial score (nSPS) is 17.6. The molecule has 6 nitrogen and oxygen atoms in total. The molecule has 2 aromatic carbocycles. The van der Waals surface area contributed by atoms with Gasteiger partial charge in [0.05, 0.1) is 20.8 Å². The van der Waals surface area contributed by atoms with Crippen molar-refractivity contribution in [2.45, 2.75) is 25.2 Å². The van der Waals surface area contributed by atoms with Gasteiger partial charge in [-0.2, -0.15) is 0 Å². The molecule has 0 radical (unpaired) electrons. The summed E-state index contributed by atoms with van der Waals surface area (Å²) in [5, 5.41) is 3.54.